The Labute approximate surface area is 273 Å². The number of aliphatic hydroxyl groups is 4. The van der Waals surface area contributed by atoms with Crippen molar-refractivity contribution in [1.82, 2.24) is 9.80 Å². The third-order valence-corrected chi connectivity index (χ3v) is 10.3. The van der Waals surface area contributed by atoms with E-state index in [1.165, 1.54) is 0 Å². The van der Waals surface area contributed by atoms with E-state index in [9.17, 15) is 30.0 Å². The molecule has 4 rings (SSSR count). The van der Waals surface area contributed by atoms with Gasteiger partial charge in [-0.05, 0) is 65.2 Å². The van der Waals surface area contributed by atoms with E-state index in [0.29, 0.717) is 31.0 Å². The summed E-state index contributed by atoms with van der Waals surface area (Å²) in [7, 11) is 2.05. The summed E-state index contributed by atoms with van der Waals surface area (Å²) in [6.45, 7) is 12.2. The second-order valence-corrected chi connectivity index (χ2v) is 14.7. The van der Waals surface area contributed by atoms with Gasteiger partial charge in [-0.25, -0.2) is 4.79 Å². The highest BCUT2D eigenvalue weighted by atomic mass is 16.6. The van der Waals surface area contributed by atoms with Gasteiger partial charge < -0.3 is 39.5 Å². The van der Waals surface area contributed by atoms with E-state index in [-0.39, 0.29) is 49.3 Å². The van der Waals surface area contributed by atoms with Crippen molar-refractivity contribution in [3.05, 3.63) is 36.0 Å². The molecule has 2 bridgehead atoms. The largest absolute Gasteiger partial charge is 0.457 e. The van der Waals surface area contributed by atoms with E-state index in [1.54, 1.807) is 49.1 Å². The molecular formula is C35H56N2O9. The fourth-order valence-electron chi connectivity index (χ4n) is 7.07. The molecular weight excluding hydrogens is 592 g/mol. The average Bonchev–Trinajstić information content (AvgIpc) is 3.44. The van der Waals surface area contributed by atoms with Gasteiger partial charge >= 0.3 is 12.1 Å². The lowest BCUT2D eigenvalue weighted by Gasteiger charge is -2.36. The number of epoxide rings is 1. The Morgan fingerprint density at radius 1 is 1.28 bits per heavy atom. The maximum Gasteiger partial charge on any atom is 0.410 e. The van der Waals surface area contributed by atoms with E-state index >= 15 is 0 Å². The predicted molar refractivity (Wildman–Crippen MR) is 173 cm³/mol. The first-order valence-corrected chi connectivity index (χ1v) is 16.9. The molecule has 0 aromatic carbocycles. The van der Waals surface area contributed by atoms with Crippen LogP contribution in [0.2, 0.25) is 0 Å². The third-order valence-electron chi connectivity index (χ3n) is 10.3. The van der Waals surface area contributed by atoms with Crippen LogP contribution in [0.4, 0.5) is 4.79 Å². The molecule has 0 aliphatic carbocycles. The molecule has 4 aliphatic rings. The molecule has 3 fully saturated rings. The van der Waals surface area contributed by atoms with E-state index < -0.39 is 47.7 Å². The summed E-state index contributed by atoms with van der Waals surface area (Å²) in [6.07, 6.45) is 6.74. The molecule has 3 saturated heterocycles. The van der Waals surface area contributed by atoms with Crippen LogP contribution >= 0.6 is 0 Å². The molecule has 260 valence electrons. The quantitative estimate of drug-likeness (QED) is 0.127. The Balaban J connectivity index is 1.46. The highest BCUT2D eigenvalue weighted by Gasteiger charge is 2.48. The van der Waals surface area contributed by atoms with Crippen molar-refractivity contribution in [2.75, 3.05) is 20.1 Å². The molecule has 46 heavy (non-hydrogen) atoms. The average molecular weight is 649 g/mol. The van der Waals surface area contributed by atoms with Crippen LogP contribution in [-0.4, -0.2) is 122 Å². The van der Waals surface area contributed by atoms with Crippen molar-refractivity contribution in [1.29, 1.82) is 0 Å². The number of piperazine rings is 1. The summed E-state index contributed by atoms with van der Waals surface area (Å²) >= 11 is 0. The summed E-state index contributed by atoms with van der Waals surface area (Å²) in [4.78, 5) is 30.1. The van der Waals surface area contributed by atoms with Gasteiger partial charge in [-0.1, -0.05) is 45.1 Å². The molecule has 10 unspecified atom stereocenters. The second kappa shape index (κ2) is 14.9. The first-order valence-electron chi connectivity index (χ1n) is 16.9. The molecule has 0 aromatic heterocycles. The number of aliphatic hydroxyl groups excluding tert-OH is 2. The first-order chi connectivity index (χ1) is 21.5. The van der Waals surface area contributed by atoms with Gasteiger partial charge in [0.2, 0.25) is 0 Å². The lowest BCUT2D eigenvalue weighted by molar-refractivity contribution is -0.151. The summed E-state index contributed by atoms with van der Waals surface area (Å²) < 4.78 is 17.5. The maximum absolute atomic E-state index is 13.3. The normalized spacial score (nSPS) is 39.2. The van der Waals surface area contributed by atoms with Crippen LogP contribution in [0.15, 0.2) is 36.0 Å². The SMILES string of the molecule is CCC(O)C(C)C1OC1CC(C)(O)/C=C/C=C(\C)C1OC(=O)CC(O)CCC(C)(O)C(OC(=O)N2C[C@@H]3C[C@H]2CN3C)/C=C\C1C. The van der Waals surface area contributed by atoms with Crippen LogP contribution in [-0.2, 0) is 19.0 Å². The zero-order valence-corrected chi connectivity index (χ0v) is 28.5. The van der Waals surface area contributed by atoms with Gasteiger partial charge in [-0.3, -0.25) is 9.69 Å². The van der Waals surface area contributed by atoms with Gasteiger partial charge in [-0.2, -0.15) is 0 Å². The number of hydrogen-bond donors (Lipinski definition) is 4. The van der Waals surface area contributed by atoms with Gasteiger partial charge in [0.25, 0.3) is 0 Å². The molecule has 0 aromatic rings. The number of amides is 1. The Hall–Kier alpha value is -2.28. The Morgan fingerprint density at radius 2 is 2.00 bits per heavy atom. The molecule has 1 amide bonds. The van der Waals surface area contributed by atoms with Gasteiger partial charge in [0.1, 0.15) is 11.7 Å². The van der Waals surface area contributed by atoms with Crippen LogP contribution < -0.4 is 0 Å². The van der Waals surface area contributed by atoms with Crippen LogP contribution in [0.1, 0.15) is 80.1 Å². The smallest absolute Gasteiger partial charge is 0.410 e. The number of hydrogen-bond acceptors (Lipinski definition) is 10. The Bertz CT molecular complexity index is 1160. The minimum atomic E-state index is -1.48. The molecule has 11 nitrogen and oxygen atoms in total. The molecule has 4 aliphatic heterocycles. The third kappa shape index (κ3) is 9.20. The number of cyclic esters (lactones) is 1. The molecule has 0 spiro atoms. The number of carbonyl (C=O) groups is 2. The number of ether oxygens (including phenoxy) is 3. The summed E-state index contributed by atoms with van der Waals surface area (Å²) in [5, 5.41) is 43.2. The highest BCUT2D eigenvalue weighted by Crippen LogP contribution is 2.38. The van der Waals surface area contributed by atoms with Crippen LogP contribution in [0.5, 0.6) is 0 Å². The van der Waals surface area contributed by atoms with Crippen molar-refractivity contribution >= 4 is 12.1 Å². The van der Waals surface area contributed by atoms with Crippen molar-refractivity contribution in [3.63, 3.8) is 0 Å². The van der Waals surface area contributed by atoms with Gasteiger partial charge in [0.05, 0.1) is 36.4 Å². The zero-order valence-electron chi connectivity index (χ0n) is 28.5. The lowest BCUT2D eigenvalue weighted by atomic mass is 9.88. The van der Waals surface area contributed by atoms with Crippen LogP contribution in [0.3, 0.4) is 0 Å². The topological polar surface area (TPSA) is 153 Å². The number of allylic oxidation sites excluding steroid dienone is 2. The number of likely N-dealkylation sites (N-methyl/N-ethyl adjacent to an activating group) is 1. The minimum Gasteiger partial charge on any atom is -0.457 e. The van der Waals surface area contributed by atoms with E-state index in [2.05, 4.69) is 11.9 Å². The molecule has 0 radical (unpaired) electrons. The van der Waals surface area contributed by atoms with Gasteiger partial charge in [-0.15, -0.1) is 0 Å². The van der Waals surface area contributed by atoms with Crippen molar-refractivity contribution in [2.45, 2.75) is 140 Å². The minimum absolute atomic E-state index is 0.00933. The van der Waals surface area contributed by atoms with E-state index in [0.717, 1.165) is 13.0 Å². The van der Waals surface area contributed by atoms with Crippen molar-refractivity contribution < 1.29 is 44.2 Å². The van der Waals surface area contributed by atoms with Crippen LogP contribution in [0.25, 0.3) is 0 Å². The standard InChI is InChI=1S/C35H56N2O9/c1-8-27(39)23(4)32-28(44-32)18-34(5,42)14-9-10-21(2)31-22(3)11-12-29(35(6,43)15-13-26(38)17-30(40)46-31)45-33(41)37-20-24-16-25(37)19-36(24)7/h9-12,14,22-29,31-32,38-39,42-43H,8,13,15-20H2,1-7H3/b12-11-,14-9+,21-10+/t22?,23?,24-,25-,26?,27?,28?,29?,31?,32?,34?,35?/m0/s1. The summed E-state index contributed by atoms with van der Waals surface area (Å²) in [6, 6.07) is 0.398. The molecule has 12 atom stereocenters. The summed E-state index contributed by atoms with van der Waals surface area (Å²) in [5.74, 6) is -0.935. The Kier molecular flexibility index (Phi) is 11.8. The fraction of sp³-hybridized carbons (Fsp3) is 0.771. The van der Waals surface area contributed by atoms with Crippen LogP contribution in [0, 0.1) is 11.8 Å². The molecule has 0 saturated carbocycles. The number of likely N-dealkylation sites (tertiary alicyclic amines) is 2. The van der Waals surface area contributed by atoms with Crippen molar-refractivity contribution in [3.8, 4) is 0 Å². The molecule has 4 N–H and O–H groups in total. The number of carbonyl (C=O) groups excluding carboxylic acids is 2. The number of nitrogens with zero attached hydrogens (tertiary/aromatic N) is 2. The first kappa shape index (κ1) is 36.6. The second-order valence-electron chi connectivity index (χ2n) is 14.7. The molecule has 11 heteroatoms. The van der Waals surface area contributed by atoms with E-state index in [4.69, 9.17) is 14.2 Å². The lowest BCUT2D eigenvalue weighted by Crippen LogP contribution is -2.50. The summed E-state index contributed by atoms with van der Waals surface area (Å²) in [5.41, 5.74) is -1.92. The molecule has 4 heterocycles. The zero-order chi connectivity index (χ0) is 34.0. The number of esters is 1. The number of rotatable bonds is 9. The highest BCUT2D eigenvalue weighted by molar-refractivity contribution is 5.70. The van der Waals surface area contributed by atoms with E-state index in [1.807, 2.05) is 27.7 Å². The predicted octanol–water partition coefficient (Wildman–Crippen LogP) is 3.10. The van der Waals surface area contributed by atoms with Gasteiger partial charge in [0.15, 0.2) is 6.10 Å². The fourth-order valence-corrected chi connectivity index (χ4v) is 7.07. The number of fused-ring (bicyclic) bond motifs is 2. The monoisotopic (exact) mass is 648 g/mol. The maximum atomic E-state index is 13.3. The Morgan fingerprint density at radius 3 is 2.63 bits per heavy atom. The van der Waals surface area contributed by atoms with Gasteiger partial charge in [0, 0.05) is 43.4 Å². The van der Waals surface area contributed by atoms with Crippen molar-refractivity contribution in [2.24, 2.45) is 11.8 Å².